The molecule has 0 saturated carbocycles. The molecule has 0 aromatic heterocycles. The van der Waals surface area contributed by atoms with Gasteiger partial charge in [-0.2, -0.15) is 0 Å². The van der Waals surface area contributed by atoms with Crippen molar-refractivity contribution in [3.63, 3.8) is 0 Å². The van der Waals surface area contributed by atoms with E-state index in [1.165, 1.54) is 6.08 Å². The number of carbonyl (C=O) groups excluding carboxylic acids is 3. The Morgan fingerprint density at radius 3 is 1.57 bits per heavy atom. The number of cyclic esters (lactones) is 2. The monoisotopic (exact) mass is 802 g/mol. The molecule has 10 nitrogen and oxygen atoms in total. The summed E-state index contributed by atoms with van der Waals surface area (Å²) < 4.78 is 35.0. The van der Waals surface area contributed by atoms with Crippen molar-refractivity contribution in [1.82, 2.24) is 0 Å². The Morgan fingerprint density at radius 2 is 1.03 bits per heavy atom. The molecule has 0 bridgehead atoms. The number of fused-ring (bicyclic) bond motifs is 4. The van der Waals surface area contributed by atoms with Gasteiger partial charge in [0, 0.05) is 12.8 Å². The second-order valence-electron chi connectivity index (χ2n) is 16.2. The van der Waals surface area contributed by atoms with Gasteiger partial charge < -0.3 is 33.5 Å². The van der Waals surface area contributed by atoms with Gasteiger partial charge in [0.15, 0.2) is 17.4 Å². The van der Waals surface area contributed by atoms with E-state index in [-0.39, 0.29) is 57.0 Å². The van der Waals surface area contributed by atoms with Crippen molar-refractivity contribution in [1.29, 1.82) is 0 Å². The van der Waals surface area contributed by atoms with Crippen molar-refractivity contribution in [3.05, 3.63) is 105 Å². The summed E-state index contributed by atoms with van der Waals surface area (Å²) in [6, 6.07) is 7.92. The van der Waals surface area contributed by atoms with E-state index in [0.717, 1.165) is 33.4 Å². The van der Waals surface area contributed by atoms with Crippen molar-refractivity contribution in [2.45, 2.75) is 164 Å². The lowest BCUT2D eigenvalue weighted by Gasteiger charge is -2.20. The molecule has 4 aliphatic rings. The summed E-state index contributed by atoms with van der Waals surface area (Å²) in [6.45, 7) is 18.8. The number of benzene rings is 2. The first-order valence-corrected chi connectivity index (χ1v) is 19.6. The van der Waals surface area contributed by atoms with Crippen LogP contribution in [0.25, 0.3) is 12.2 Å². The highest BCUT2D eigenvalue weighted by atomic mass is 16.8. The summed E-state index contributed by atoms with van der Waals surface area (Å²) in [7, 11) is 0. The molecule has 2 aromatic rings. The van der Waals surface area contributed by atoms with Crippen LogP contribution in [-0.4, -0.2) is 77.1 Å². The Hall–Kier alpha value is -4.19. The van der Waals surface area contributed by atoms with E-state index >= 15 is 0 Å². The predicted molar refractivity (Wildman–Crippen MR) is 229 cm³/mol. The lowest BCUT2D eigenvalue weighted by molar-refractivity contribution is -0.152. The number of hydrogen-bond acceptors (Lipinski definition) is 10. The number of carbonyl (C=O) groups is 3. The molecule has 7 atom stereocenters. The van der Waals surface area contributed by atoms with Crippen LogP contribution in [0.5, 0.6) is 0 Å². The molecule has 0 amide bonds. The number of aryl methyl sites for hydroxylation is 4. The second kappa shape index (κ2) is 20.2. The quantitative estimate of drug-likeness (QED) is 0.203. The van der Waals surface area contributed by atoms with Gasteiger partial charge in [0.25, 0.3) is 0 Å². The van der Waals surface area contributed by atoms with Gasteiger partial charge in [-0.25, -0.2) is 9.59 Å². The molecule has 4 heterocycles. The highest BCUT2D eigenvalue weighted by Crippen LogP contribution is 2.34. The minimum Gasteiger partial charge on any atom is -0.459 e. The molecule has 58 heavy (non-hydrogen) atoms. The zero-order valence-corrected chi connectivity index (χ0v) is 34.4. The zero-order chi connectivity index (χ0) is 40.9. The summed E-state index contributed by atoms with van der Waals surface area (Å²) in [5.41, 5.74) is 6.74. The number of aliphatic hydroxyl groups is 1. The number of rotatable bonds is 0. The van der Waals surface area contributed by atoms with Crippen molar-refractivity contribution in [2.24, 2.45) is 0 Å². The first kappa shape index (κ1) is 48.2. The number of ether oxygens (including phenoxy) is 6. The lowest BCUT2D eigenvalue weighted by atomic mass is 9.97. The minimum absolute atomic E-state index is 0. The average molecular weight is 803 g/mol. The van der Waals surface area contributed by atoms with E-state index < -0.39 is 29.9 Å². The highest BCUT2D eigenvalue weighted by Gasteiger charge is 2.44. The van der Waals surface area contributed by atoms with Crippen molar-refractivity contribution >= 4 is 29.9 Å². The third kappa shape index (κ3) is 12.4. The summed E-state index contributed by atoms with van der Waals surface area (Å²) in [5, 5.41) is 10.6. The van der Waals surface area contributed by atoms with Gasteiger partial charge in [-0.1, -0.05) is 92.8 Å². The number of hydrogen-bond donors (Lipinski definition) is 1. The molecule has 0 spiro atoms. The van der Waals surface area contributed by atoms with Gasteiger partial charge >= 0.3 is 11.9 Å². The molecular weight excluding hydrogens is 737 g/mol. The summed E-state index contributed by atoms with van der Waals surface area (Å²) in [5.74, 6) is -2.36. The van der Waals surface area contributed by atoms with E-state index in [1.807, 2.05) is 124 Å². The Morgan fingerprint density at radius 1 is 0.586 bits per heavy atom. The van der Waals surface area contributed by atoms with Crippen LogP contribution in [0.15, 0.2) is 60.7 Å². The highest BCUT2D eigenvalue weighted by molar-refractivity contribution is 5.96. The van der Waals surface area contributed by atoms with Crippen LogP contribution in [0.3, 0.4) is 0 Å². The molecule has 4 aliphatic heterocycles. The number of ketones is 1. The van der Waals surface area contributed by atoms with Crippen molar-refractivity contribution in [2.75, 3.05) is 0 Å². The first-order chi connectivity index (χ1) is 26.3. The SMILES string of the molecule is C.C.Cc1cc(C)c2c(c1)C=CC[C@@H]1OC(C)(C)O[C@@H]1C(=O)/C=C\C[C@H](C)OC2=O.Cc1cc(C)c2c(c1)C=CC[C@@H]1OC(C)(C)O[C@@H]1C(O)/C=C\C[C@H](C)OC2=O. The zero-order valence-electron chi connectivity index (χ0n) is 34.4. The van der Waals surface area contributed by atoms with E-state index in [1.54, 1.807) is 12.2 Å². The standard InChI is InChI=1S/C23H30O5.C23H28O5.2CH4/c2*1-14-12-15(2)20-17(13-14)9-7-11-19-21(28-23(4,5)27-19)18(24)10-6-8-16(3)26-22(20)25;;/h6-7,9-10,12-13,16,18-19,21,24H,8,11H2,1-5H3;6-7,9-10,12-13,16,19,21H,8,11H2,1-5H3;2*1H4/b2*9-7?,10-6-;;/t16-,18?,19-,21+;16-,19-,21+;;/m00../s1. The maximum atomic E-state index is 12.8. The predicted octanol–water partition coefficient (Wildman–Crippen LogP) is 9.67. The number of aliphatic hydroxyl groups excluding tert-OH is 1. The second-order valence-corrected chi connectivity index (χ2v) is 16.2. The Bertz CT molecular complexity index is 1900. The third-order valence-corrected chi connectivity index (χ3v) is 9.95. The normalized spacial score (nSPS) is 29.1. The van der Waals surface area contributed by atoms with Crippen LogP contribution < -0.4 is 0 Å². The number of esters is 2. The van der Waals surface area contributed by atoms with Crippen LogP contribution in [0, 0.1) is 27.7 Å². The Kier molecular flexibility index (Phi) is 16.8. The van der Waals surface area contributed by atoms with Gasteiger partial charge in [0.05, 0.1) is 23.3 Å². The van der Waals surface area contributed by atoms with Crippen LogP contribution in [0.2, 0.25) is 0 Å². The molecule has 2 aromatic carbocycles. The Labute approximate surface area is 346 Å². The summed E-state index contributed by atoms with van der Waals surface area (Å²) in [6.07, 6.45) is 13.4. The minimum atomic E-state index is -0.807. The molecule has 0 radical (unpaired) electrons. The fourth-order valence-corrected chi connectivity index (χ4v) is 7.63. The van der Waals surface area contributed by atoms with Crippen LogP contribution in [0.4, 0.5) is 0 Å². The van der Waals surface area contributed by atoms with E-state index in [4.69, 9.17) is 28.4 Å². The van der Waals surface area contributed by atoms with Gasteiger partial charge in [-0.15, -0.1) is 0 Å². The average Bonchev–Trinajstić information content (AvgIpc) is 3.56. The molecular formula is C48H66O10. The van der Waals surface area contributed by atoms with Crippen molar-refractivity contribution < 1.29 is 47.9 Å². The molecule has 318 valence electrons. The molecule has 2 saturated heterocycles. The van der Waals surface area contributed by atoms with Gasteiger partial charge in [0.2, 0.25) is 0 Å². The topological polar surface area (TPSA) is 127 Å². The van der Waals surface area contributed by atoms with Gasteiger partial charge in [0.1, 0.15) is 30.5 Å². The summed E-state index contributed by atoms with van der Waals surface area (Å²) in [4.78, 5) is 38.1. The maximum Gasteiger partial charge on any atom is 0.339 e. The van der Waals surface area contributed by atoms with Gasteiger partial charge in [-0.3, -0.25) is 4.79 Å². The fraction of sp³-hybridized carbons (Fsp3) is 0.521. The first-order valence-electron chi connectivity index (χ1n) is 19.6. The maximum absolute atomic E-state index is 12.8. The van der Waals surface area contributed by atoms with Crippen molar-refractivity contribution in [3.8, 4) is 0 Å². The summed E-state index contributed by atoms with van der Waals surface area (Å²) >= 11 is 0. The third-order valence-electron chi connectivity index (χ3n) is 9.95. The lowest BCUT2D eigenvalue weighted by Crippen LogP contribution is -2.34. The van der Waals surface area contributed by atoms with E-state index in [0.29, 0.717) is 36.8 Å². The van der Waals surface area contributed by atoms with Crippen LogP contribution >= 0.6 is 0 Å². The molecule has 0 aliphatic carbocycles. The van der Waals surface area contributed by atoms with Crippen LogP contribution in [0.1, 0.15) is 136 Å². The Balaban J connectivity index is 0.000000300. The van der Waals surface area contributed by atoms with Gasteiger partial charge in [-0.05, 0) is 110 Å². The van der Waals surface area contributed by atoms with E-state index in [2.05, 4.69) is 0 Å². The molecule has 1 unspecified atom stereocenters. The molecule has 2 fully saturated rings. The van der Waals surface area contributed by atoms with E-state index in [9.17, 15) is 19.5 Å². The smallest absolute Gasteiger partial charge is 0.339 e. The molecule has 10 heteroatoms. The molecule has 6 rings (SSSR count). The largest absolute Gasteiger partial charge is 0.459 e. The van der Waals surface area contributed by atoms with Crippen LogP contribution in [-0.2, 0) is 33.2 Å². The molecule has 1 N–H and O–H groups in total. The fourth-order valence-electron chi connectivity index (χ4n) is 7.63.